The fourth-order valence-corrected chi connectivity index (χ4v) is 2.19. The Morgan fingerprint density at radius 3 is 3.05 bits per heavy atom. The third-order valence-corrected chi connectivity index (χ3v) is 3.28. The first-order chi connectivity index (χ1) is 9.16. The summed E-state index contributed by atoms with van der Waals surface area (Å²) >= 11 is 7.14. The van der Waals surface area contributed by atoms with Gasteiger partial charge < -0.3 is 15.2 Å². The zero-order valence-corrected chi connectivity index (χ0v) is 11.9. The third kappa shape index (κ3) is 4.05. The minimum atomic E-state index is -0.655. The Balaban J connectivity index is 1.81. The summed E-state index contributed by atoms with van der Waals surface area (Å²) in [6.07, 6.45) is 0.862. The molecule has 19 heavy (non-hydrogen) atoms. The molecule has 1 unspecified atom stereocenters. The summed E-state index contributed by atoms with van der Waals surface area (Å²) < 4.78 is 13.0. The minimum absolute atomic E-state index is 0.155. The quantitative estimate of drug-likeness (QED) is 0.857. The number of anilines is 1. The minimum Gasteiger partial charge on any atom is -0.473 e. The van der Waals surface area contributed by atoms with E-state index >= 15 is 0 Å². The van der Waals surface area contributed by atoms with Crippen molar-refractivity contribution in [1.29, 1.82) is 0 Å². The topological polar surface area (TPSA) is 67.3 Å². The van der Waals surface area contributed by atoms with Crippen molar-refractivity contribution in [3.05, 3.63) is 35.0 Å². The van der Waals surface area contributed by atoms with Crippen LogP contribution >= 0.6 is 23.3 Å². The molecule has 1 atom stereocenters. The molecule has 2 rings (SSSR count). The van der Waals surface area contributed by atoms with Gasteiger partial charge in [0, 0.05) is 6.54 Å². The molecule has 5 nitrogen and oxygen atoms in total. The van der Waals surface area contributed by atoms with Crippen LogP contribution in [0.4, 0.5) is 5.69 Å². The molecule has 0 saturated carbocycles. The molecule has 1 aromatic carbocycles. The van der Waals surface area contributed by atoms with Crippen LogP contribution in [0.3, 0.4) is 0 Å². The van der Waals surface area contributed by atoms with Crippen molar-refractivity contribution < 1.29 is 9.84 Å². The highest BCUT2D eigenvalue weighted by molar-refractivity contribution is 6.99. The Labute approximate surface area is 120 Å². The number of nitrogens with one attached hydrogen (secondary N) is 1. The molecule has 0 aliphatic rings. The van der Waals surface area contributed by atoms with E-state index < -0.39 is 6.10 Å². The standard InChI is InChI=1S/C12H14ClN3O2S/c1-8-3-2-4-10(13)12(8)14-5-9(17)7-18-11-6-15-19-16-11/h2-4,6,9,14,17H,5,7H2,1H3. The van der Waals surface area contributed by atoms with Gasteiger partial charge in [0.2, 0.25) is 5.88 Å². The predicted octanol–water partition coefficient (Wildman–Crippen LogP) is 2.35. The lowest BCUT2D eigenvalue weighted by Gasteiger charge is -2.15. The average molecular weight is 300 g/mol. The van der Waals surface area contributed by atoms with Crippen LogP contribution < -0.4 is 10.1 Å². The normalized spacial score (nSPS) is 12.2. The molecule has 2 N–H and O–H groups in total. The number of ether oxygens (including phenoxy) is 1. The maximum atomic E-state index is 9.82. The number of aliphatic hydroxyl groups is 1. The highest BCUT2D eigenvalue weighted by atomic mass is 35.5. The summed E-state index contributed by atoms with van der Waals surface area (Å²) in [6, 6.07) is 5.65. The molecule has 1 heterocycles. The molecule has 0 amide bonds. The number of hydrogen-bond donors (Lipinski definition) is 2. The van der Waals surface area contributed by atoms with Crippen LogP contribution in [-0.4, -0.2) is 33.1 Å². The monoisotopic (exact) mass is 299 g/mol. The molecule has 0 bridgehead atoms. The summed E-state index contributed by atoms with van der Waals surface area (Å²) in [5, 5.41) is 13.6. The number of aliphatic hydroxyl groups excluding tert-OH is 1. The van der Waals surface area contributed by atoms with Crippen LogP contribution in [0.5, 0.6) is 5.88 Å². The van der Waals surface area contributed by atoms with Crippen molar-refractivity contribution in [1.82, 2.24) is 8.75 Å². The molecule has 0 radical (unpaired) electrons. The first-order valence-corrected chi connectivity index (χ1v) is 6.85. The predicted molar refractivity (Wildman–Crippen MR) is 76.1 cm³/mol. The Morgan fingerprint density at radius 1 is 1.53 bits per heavy atom. The Morgan fingerprint density at radius 2 is 2.37 bits per heavy atom. The van der Waals surface area contributed by atoms with E-state index in [1.165, 1.54) is 6.20 Å². The summed E-state index contributed by atoms with van der Waals surface area (Å²) in [5.74, 6) is 0.429. The fourth-order valence-electron chi connectivity index (χ4n) is 1.54. The van der Waals surface area contributed by atoms with Gasteiger partial charge in [0.25, 0.3) is 0 Å². The van der Waals surface area contributed by atoms with Crippen molar-refractivity contribution in [2.24, 2.45) is 0 Å². The summed E-state index contributed by atoms with van der Waals surface area (Å²) in [5.41, 5.74) is 1.86. The van der Waals surface area contributed by atoms with E-state index in [2.05, 4.69) is 14.1 Å². The molecule has 0 spiro atoms. The molecule has 0 saturated heterocycles. The van der Waals surface area contributed by atoms with Gasteiger partial charge in [0.1, 0.15) is 18.9 Å². The molecular weight excluding hydrogens is 286 g/mol. The summed E-state index contributed by atoms with van der Waals surface area (Å²) in [7, 11) is 0. The first-order valence-electron chi connectivity index (χ1n) is 5.74. The number of aryl methyl sites for hydroxylation is 1. The van der Waals surface area contributed by atoms with E-state index in [0.717, 1.165) is 23.0 Å². The van der Waals surface area contributed by atoms with Crippen LogP contribution in [0.25, 0.3) is 0 Å². The highest BCUT2D eigenvalue weighted by Crippen LogP contribution is 2.24. The number of rotatable bonds is 6. The molecule has 0 aliphatic heterocycles. The maximum absolute atomic E-state index is 9.82. The summed E-state index contributed by atoms with van der Waals surface area (Å²) in [4.78, 5) is 0. The van der Waals surface area contributed by atoms with Crippen molar-refractivity contribution in [2.45, 2.75) is 13.0 Å². The third-order valence-electron chi connectivity index (χ3n) is 2.50. The zero-order valence-electron chi connectivity index (χ0n) is 10.3. The fraction of sp³-hybridized carbons (Fsp3) is 0.333. The summed E-state index contributed by atoms with van der Waals surface area (Å²) in [6.45, 7) is 2.46. The van der Waals surface area contributed by atoms with E-state index in [0.29, 0.717) is 17.4 Å². The molecule has 2 aromatic rings. The Kier molecular flexibility index (Phi) is 4.95. The molecule has 0 aliphatic carbocycles. The van der Waals surface area contributed by atoms with Gasteiger partial charge in [0.05, 0.1) is 22.4 Å². The number of benzene rings is 1. The van der Waals surface area contributed by atoms with Crippen molar-refractivity contribution in [3.63, 3.8) is 0 Å². The lowest BCUT2D eigenvalue weighted by molar-refractivity contribution is 0.115. The molecule has 1 aromatic heterocycles. The van der Waals surface area contributed by atoms with Crippen LogP contribution in [-0.2, 0) is 0 Å². The second kappa shape index (κ2) is 6.70. The Bertz CT molecular complexity index is 501. The van der Waals surface area contributed by atoms with Crippen LogP contribution in [0.15, 0.2) is 24.4 Å². The van der Waals surface area contributed by atoms with Crippen molar-refractivity contribution in [3.8, 4) is 5.88 Å². The molecule has 0 fully saturated rings. The second-order valence-electron chi connectivity index (χ2n) is 4.02. The van der Waals surface area contributed by atoms with Gasteiger partial charge in [-0.3, -0.25) is 0 Å². The van der Waals surface area contributed by atoms with Gasteiger partial charge >= 0.3 is 0 Å². The van der Waals surface area contributed by atoms with Gasteiger partial charge in [-0.2, -0.15) is 4.37 Å². The van der Waals surface area contributed by atoms with Gasteiger partial charge in [-0.05, 0) is 18.6 Å². The maximum Gasteiger partial charge on any atom is 0.245 e. The van der Waals surface area contributed by atoms with E-state index in [9.17, 15) is 5.11 Å². The Hall–Kier alpha value is -1.37. The number of halogens is 1. The second-order valence-corrected chi connectivity index (χ2v) is 4.99. The smallest absolute Gasteiger partial charge is 0.245 e. The van der Waals surface area contributed by atoms with Crippen LogP contribution in [0, 0.1) is 6.92 Å². The highest BCUT2D eigenvalue weighted by Gasteiger charge is 2.09. The molecule has 7 heteroatoms. The van der Waals surface area contributed by atoms with E-state index in [-0.39, 0.29) is 6.61 Å². The van der Waals surface area contributed by atoms with Crippen LogP contribution in [0.2, 0.25) is 5.02 Å². The number of aromatic nitrogens is 2. The lowest BCUT2D eigenvalue weighted by Crippen LogP contribution is -2.26. The molecule has 102 valence electrons. The van der Waals surface area contributed by atoms with E-state index in [1.807, 2.05) is 19.1 Å². The van der Waals surface area contributed by atoms with Gasteiger partial charge in [-0.1, -0.05) is 23.7 Å². The SMILES string of the molecule is Cc1cccc(Cl)c1NCC(O)COc1cnsn1. The number of nitrogens with zero attached hydrogens (tertiary/aromatic N) is 2. The number of hydrogen-bond acceptors (Lipinski definition) is 6. The van der Waals surface area contributed by atoms with Gasteiger partial charge in [-0.25, -0.2) is 0 Å². The van der Waals surface area contributed by atoms with E-state index in [1.54, 1.807) is 6.07 Å². The zero-order chi connectivity index (χ0) is 13.7. The van der Waals surface area contributed by atoms with Crippen LogP contribution in [0.1, 0.15) is 5.56 Å². The lowest BCUT2D eigenvalue weighted by atomic mass is 10.2. The van der Waals surface area contributed by atoms with E-state index in [4.69, 9.17) is 16.3 Å². The van der Waals surface area contributed by atoms with Gasteiger partial charge in [-0.15, -0.1) is 4.37 Å². The molecular formula is C12H14ClN3O2S. The first kappa shape index (κ1) is 14.0. The average Bonchev–Trinajstić information content (AvgIpc) is 2.89. The van der Waals surface area contributed by atoms with Crippen molar-refractivity contribution in [2.75, 3.05) is 18.5 Å². The largest absolute Gasteiger partial charge is 0.473 e. The van der Waals surface area contributed by atoms with Gasteiger partial charge in [0.15, 0.2) is 0 Å². The number of para-hydroxylation sites is 1. The van der Waals surface area contributed by atoms with Crippen molar-refractivity contribution >= 4 is 29.0 Å².